The molecule has 1 N–H and O–H groups in total. The van der Waals surface area contributed by atoms with E-state index >= 15 is 0 Å². The molecule has 0 unspecified atom stereocenters. The van der Waals surface area contributed by atoms with Crippen LogP contribution >= 0.6 is 0 Å². The van der Waals surface area contributed by atoms with E-state index in [1.165, 1.54) is 0 Å². The fraction of sp³-hybridized carbons (Fsp3) is 0.294. The molecule has 2 heterocycles. The van der Waals surface area contributed by atoms with Gasteiger partial charge in [-0.05, 0) is 30.7 Å². The molecule has 0 radical (unpaired) electrons. The van der Waals surface area contributed by atoms with Gasteiger partial charge < -0.3 is 14.5 Å². The van der Waals surface area contributed by atoms with Crippen molar-refractivity contribution >= 4 is 5.76 Å². The fourth-order valence-electron chi connectivity index (χ4n) is 2.39. The summed E-state index contributed by atoms with van der Waals surface area (Å²) in [6.07, 6.45) is 2.90. The summed E-state index contributed by atoms with van der Waals surface area (Å²) in [5.41, 5.74) is 0.939. The normalized spacial score (nSPS) is 19.5. The first-order chi connectivity index (χ1) is 9.67. The standard InChI is InChI=1S/C17H19NO2/c1-17(2)10-12-19-16(17)15(14-9-6-11-18-14)20-13-7-4-3-5-8-13/h3-9,11,18H,10,12H2,1-2H3. The van der Waals surface area contributed by atoms with Crippen molar-refractivity contribution in [3.8, 4) is 5.75 Å². The summed E-state index contributed by atoms with van der Waals surface area (Å²) in [4.78, 5) is 3.21. The SMILES string of the molecule is CC1(C)CCOC1=C(Oc1ccccc1)c1ccc[nH]1. The van der Waals surface area contributed by atoms with Gasteiger partial charge in [0.05, 0.1) is 12.3 Å². The van der Waals surface area contributed by atoms with Crippen molar-refractivity contribution in [3.63, 3.8) is 0 Å². The summed E-state index contributed by atoms with van der Waals surface area (Å²) in [5, 5.41) is 0. The zero-order valence-corrected chi connectivity index (χ0v) is 11.8. The van der Waals surface area contributed by atoms with Crippen molar-refractivity contribution in [2.24, 2.45) is 5.41 Å². The summed E-state index contributed by atoms with van der Waals surface area (Å²) in [6.45, 7) is 5.12. The highest BCUT2D eigenvalue weighted by Gasteiger charge is 2.35. The first-order valence-corrected chi connectivity index (χ1v) is 6.91. The van der Waals surface area contributed by atoms with Crippen LogP contribution in [0, 0.1) is 5.41 Å². The first-order valence-electron chi connectivity index (χ1n) is 6.91. The molecule has 1 saturated heterocycles. The summed E-state index contributed by atoms with van der Waals surface area (Å²) in [7, 11) is 0. The van der Waals surface area contributed by atoms with E-state index in [1.807, 2.05) is 48.7 Å². The smallest absolute Gasteiger partial charge is 0.188 e. The largest absolute Gasteiger partial charge is 0.493 e. The highest BCUT2D eigenvalue weighted by Crippen LogP contribution is 2.41. The molecule has 2 aromatic rings. The second kappa shape index (κ2) is 5.08. The predicted molar refractivity (Wildman–Crippen MR) is 79.1 cm³/mol. The number of hydrogen-bond donors (Lipinski definition) is 1. The number of allylic oxidation sites excluding steroid dienone is 1. The van der Waals surface area contributed by atoms with Gasteiger partial charge in [-0.1, -0.05) is 32.0 Å². The molecule has 1 aliphatic rings. The van der Waals surface area contributed by atoms with Gasteiger partial charge in [-0.2, -0.15) is 0 Å². The van der Waals surface area contributed by atoms with E-state index in [4.69, 9.17) is 9.47 Å². The van der Waals surface area contributed by atoms with Crippen molar-refractivity contribution in [3.05, 3.63) is 60.1 Å². The molecule has 0 atom stereocenters. The van der Waals surface area contributed by atoms with Crippen LogP contribution in [0.15, 0.2) is 54.4 Å². The van der Waals surface area contributed by atoms with E-state index in [2.05, 4.69) is 18.8 Å². The highest BCUT2D eigenvalue weighted by molar-refractivity contribution is 5.62. The van der Waals surface area contributed by atoms with E-state index < -0.39 is 0 Å². The van der Waals surface area contributed by atoms with Crippen LogP contribution in [0.25, 0.3) is 5.76 Å². The van der Waals surface area contributed by atoms with E-state index in [0.29, 0.717) is 0 Å². The maximum absolute atomic E-state index is 6.10. The zero-order chi connectivity index (χ0) is 14.0. The number of aromatic nitrogens is 1. The third-order valence-electron chi connectivity index (χ3n) is 3.60. The van der Waals surface area contributed by atoms with E-state index in [0.717, 1.165) is 36.0 Å². The molecule has 0 aliphatic carbocycles. The zero-order valence-electron chi connectivity index (χ0n) is 11.8. The molecule has 3 nitrogen and oxygen atoms in total. The molecule has 0 saturated carbocycles. The molecule has 1 aromatic carbocycles. The summed E-state index contributed by atoms with van der Waals surface area (Å²) < 4.78 is 12.0. The molecule has 1 fully saturated rings. The molecule has 104 valence electrons. The Bertz CT molecular complexity index is 597. The fourth-order valence-corrected chi connectivity index (χ4v) is 2.39. The number of H-pyrrole nitrogens is 1. The Morgan fingerprint density at radius 2 is 1.95 bits per heavy atom. The number of ether oxygens (including phenoxy) is 2. The molecule has 20 heavy (non-hydrogen) atoms. The Labute approximate surface area is 119 Å². The van der Waals surface area contributed by atoms with Crippen molar-refractivity contribution in [2.45, 2.75) is 20.3 Å². The molecule has 0 bridgehead atoms. The molecule has 0 spiro atoms. The van der Waals surface area contributed by atoms with E-state index in [-0.39, 0.29) is 5.41 Å². The van der Waals surface area contributed by atoms with Crippen molar-refractivity contribution < 1.29 is 9.47 Å². The first kappa shape index (κ1) is 12.9. The molecular formula is C17H19NO2. The topological polar surface area (TPSA) is 34.2 Å². The minimum absolute atomic E-state index is 0.00474. The van der Waals surface area contributed by atoms with Crippen molar-refractivity contribution in [1.82, 2.24) is 4.98 Å². The second-order valence-electron chi connectivity index (χ2n) is 5.64. The monoisotopic (exact) mass is 269 g/mol. The Balaban J connectivity index is 2.04. The van der Waals surface area contributed by atoms with Gasteiger partial charge in [0.2, 0.25) is 0 Å². The minimum atomic E-state index is -0.00474. The van der Waals surface area contributed by atoms with Crippen LogP contribution in [0.4, 0.5) is 0 Å². The number of nitrogens with one attached hydrogen (secondary N) is 1. The number of hydrogen-bond acceptors (Lipinski definition) is 2. The van der Waals surface area contributed by atoms with Gasteiger partial charge in [0.15, 0.2) is 5.76 Å². The molecule has 0 amide bonds. The average Bonchev–Trinajstić information content (AvgIpc) is 3.07. The maximum atomic E-state index is 6.10. The van der Waals surface area contributed by atoms with Gasteiger partial charge in [-0.25, -0.2) is 0 Å². The summed E-state index contributed by atoms with van der Waals surface area (Å²) in [5.74, 6) is 2.52. The second-order valence-corrected chi connectivity index (χ2v) is 5.64. The number of rotatable bonds is 3. The lowest BCUT2D eigenvalue weighted by atomic mass is 9.88. The predicted octanol–water partition coefficient (Wildman–Crippen LogP) is 4.21. The van der Waals surface area contributed by atoms with Crippen LogP contribution in [0.3, 0.4) is 0 Å². The number of benzene rings is 1. The van der Waals surface area contributed by atoms with Gasteiger partial charge >= 0.3 is 0 Å². The van der Waals surface area contributed by atoms with E-state index in [1.54, 1.807) is 0 Å². The third-order valence-corrected chi connectivity index (χ3v) is 3.60. The van der Waals surface area contributed by atoms with Gasteiger partial charge in [0.25, 0.3) is 0 Å². The van der Waals surface area contributed by atoms with Gasteiger partial charge in [-0.15, -0.1) is 0 Å². The minimum Gasteiger partial charge on any atom is -0.493 e. The Hall–Kier alpha value is -2.16. The third kappa shape index (κ3) is 2.44. The highest BCUT2D eigenvalue weighted by atomic mass is 16.5. The molecule has 3 rings (SSSR count). The molecule has 1 aliphatic heterocycles. The van der Waals surface area contributed by atoms with Crippen LogP contribution in [0.1, 0.15) is 26.0 Å². The molecule has 3 heteroatoms. The van der Waals surface area contributed by atoms with E-state index in [9.17, 15) is 0 Å². The van der Waals surface area contributed by atoms with Crippen LogP contribution in [0.2, 0.25) is 0 Å². The van der Waals surface area contributed by atoms with Gasteiger partial charge in [0, 0.05) is 11.6 Å². The Morgan fingerprint density at radius 3 is 2.55 bits per heavy atom. The molecular weight excluding hydrogens is 250 g/mol. The van der Waals surface area contributed by atoms with Crippen molar-refractivity contribution in [1.29, 1.82) is 0 Å². The van der Waals surface area contributed by atoms with Crippen LogP contribution in [0.5, 0.6) is 5.75 Å². The van der Waals surface area contributed by atoms with Crippen LogP contribution < -0.4 is 4.74 Å². The average molecular weight is 269 g/mol. The lowest BCUT2D eigenvalue weighted by Crippen LogP contribution is -2.13. The van der Waals surface area contributed by atoms with Crippen molar-refractivity contribution in [2.75, 3.05) is 6.61 Å². The summed E-state index contributed by atoms with van der Waals surface area (Å²) in [6, 6.07) is 13.8. The lowest BCUT2D eigenvalue weighted by Gasteiger charge is -2.20. The lowest BCUT2D eigenvalue weighted by molar-refractivity contribution is 0.242. The Kier molecular flexibility index (Phi) is 3.26. The maximum Gasteiger partial charge on any atom is 0.188 e. The Morgan fingerprint density at radius 1 is 1.15 bits per heavy atom. The van der Waals surface area contributed by atoms with Gasteiger partial charge in [0.1, 0.15) is 11.5 Å². The van der Waals surface area contributed by atoms with Gasteiger partial charge in [-0.3, -0.25) is 0 Å². The molecule has 1 aromatic heterocycles. The quantitative estimate of drug-likeness (QED) is 0.847. The van der Waals surface area contributed by atoms with Crippen LogP contribution in [-0.2, 0) is 4.74 Å². The summed E-state index contributed by atoms with van der Waals surface area (Å²) >= 11 is 0. The number of aromatic amines is 1. The van der Waals surface area contributed by atoms with Crippen LogP contribution in [-0.4, -0.2) is 11.6 Å². The number of para-hydroxylation sites is 1.